The van der Waals surface area contributed by atoms with Crippen LogP contribution in [0.15, 0.2) is 63.0 Å². The molecule has 0 aliphatic heterocycles. The predicted molar refractivity (Wildman–Crippen MR) is 116 cm³/mol. The van der Waals surface area contributed by atoms with E-state index in [1.807, 2.05) is 0 Å². The third-order valence-corrected chi connectivity index (χ3v) is 6.25. The first-order valence-electron chi connectivity index (χ1n) is 8.62. The Morgan fingerprint density at radius 3 is 2.20 bits per heavy atom. The van der Waals surface area contributed by atoms with E-state index >= 15 is 0 Å². The normalized spacial score (nSPS) is 10.7. The van der Waals surface area contributed by atoms with Gasteiger partial charge >= 0.3 is 0 Å². The second-order valence-corrected chi connectivity index (χ2v) is 8.06. The number of nitro benzene ring substituents is 2. The lowest BCUT2D eigenvalue weighted by Crippen LogP contribution is -2.19. The Kier molecular flexibility index (Phi) is 6.63. The number of halogens is 1. The molecular formula is C19H15BrN4O5S. The number of thioether (sulfide) groups is 1. The largest absolute Gasteiger partial charge is 0.319 e. The summed E-state index contributed by atoms with van der Waals surface area (Å²) >= 11 is 4.51. The van der Waals surface area contributed by atoms with Crippen LogP contribution in [0.3, 0.4) is 0 Å². The van der Waals surface area contributed by atoms with E-state index in [-0.39, 0.29) is 17.9 Å². The second kappa shape index (κ2) is 9.18. The van der Waals surface area contributed by atoms with E-state index in [0.29, 0.717) is 32.2 Å². The summed E-state index contributed by atoms with van der Waals surface area (Å²) in [5, 5.41) is 22.4. The number of nitrogens with zero attached hydrogens (tertiary/aromatic N) is 4. The van der Waals surface area contributed by atoms with Crippen molar-refractivity contribution in [2.45, 2.75) is 24.4 Å². The first-order chi connectivity index (χ1) is 14.3. The number of benzene rings is 2. The average molecular weight is 491 g/mol. The highest BCUT2D eigenvalue weighted by Crippen LogP contribution is 2.26. The van der Waals surface area contributed by atoms with Crippen molar-refractivity contribution in [3.05, 3.63) is 100 Å². The molecule has 1 heterocycles. The molecule has 0 fully saturated rings. The Morgan fingerprint density at radius 1 is 1.03 bits per heavy atom. The molecule has 9 nitrogen and oxygen atoms in total. The summed E-state index contributed by atoms with van der Waals surface area (Å²) in [5.74, 6) is 0.365. The SMILES string of the molecule is Cc1c(Br)c(=O)nc(SCc2cccc([N+](=O)[O-])c2)n1Cc1cccc([N+](=O)[O-])c1. The minimum Gasteiger partial charge on any atom is -0.319 e. The van der Waals surface area contributed by atoms with Crippen LogP contribution in [0.25, 0.3) is 0 Å². The molecule has 3 aromatic rings. The van der Waals surface area contributed by atoms with Gasteiger partial charge in [0, 0.05) is 35.7 Å². The Balaban J connectivity index is 1.94. The molecule has 0 radical (unpaired) electrons. The Morgan fingerprint density at radius 2 is 1.60 bits per heavy atom. The van der Waals surface area contributed by atoms with Crippen molar-refractivity contribution >= 4 is 39.1 Å². The van der Waals surface area contributed by atoms with E-state index in [4.69, 9.17) is 0 Å². The molecule has 0 atom stereocenters. The van der Waals surface area contributed by atoms with E-state index < -0.39 is 15.4 Å². The third kappa shape index (κ3) is 4.92. The van der Waals surface area contributed by atoms with Crippen molar-refractivity contribution in [3.63, 3.8) is 0 Å². The minimum atomic E-state index is -0.464. The van der Waals surface area contributed by atoms with Crippen LogP contribution in [0, 0.1) is 27.2 Å². The molecule has 0 aliphatic rings. The lowest BCUT2D eigenvalue weighted by molar-refractivity contribution is -0.385. The molecule has 11 heteroatoms. The van der Waals surface area contributed by atoms with Gasteiger partial charge in [-0.15, -0.1) is 0 Å². The maximum absolute atomic E-state index is 12.2. The molecule has 3 rings (SSSR count). The summed E-state index contributed by atoms with van der Waals surface area (Å²) in [6.07, 6.45) is 0. The maximum atomic E-state index is 12.2. The van der Waals surface area contributed by atoms with Gasteiger partial charge in [0.2, 0.25) is 0 Å². The summed E-state index contributed by atoms with van der Waals surface area (Å²) in [6.45, 7) is 2.03. The zero-order valence-corrected chi connectivity index (χ0v) is 18.1. The summed E-state index contributed by atoms with van der Waals surface area (Å²) < 4.78 is 2.10. The van der Waals surface area contributed by atoms with Crippen LogP contribution in [0.5, 0.6) is 0 Å². The van der Waals surface area contributed by atoms with Crippen LogP contribution >= 0.6 is 27.7 Å². The summed E-state index contributed by atoms with van der Waals surface area (Å²) in [7, 11) is 0. The first kappa shape index (κ1) is 21.7. The van der Waals surface area contributed by atoms with E-state index in [9.17, 15) is 25.0 Å². The fourth-order valence-corrected chi connectivity index (χ4v) is 4.05. The quantitative estimate of drug-likeness (QED) is 0.207. The molecule has 0 N–H and O–H groups in total. The zero-order chi connectivity index (χ0) is 21.8. The molecule has 0 unspecified atom stereocenters. The summed E-state index contributed by atoms with van der Waals surface area (Å²) in [5.41, 5.74) is 1.56. The zero-order valence-electron chi connectivity index (χ0n) is 15.6. The Hall–Kier alpha value is -3.05. The van der Waals surface area contributed by atoms with Crippen LogP contribution in [0.1, 0.15) is 16.8 Å². The Labute approximate surface area is 183 Å². The summed E-state index contributed by atoms with van der Waals surface area (Å²) in [6, 6.07) is 12.5. The number of non-ortho nitro benzene ring substituents is 2. The molecule has 0 amide bonds. The number of hydrogen-bond acceptors (Lipinski definition) is 7. The van der Waals surface area contributed by atoms with Crippen molar-refractivity contribution in [2.75, 3.05) is 0 Å². The number of aromatic nitrogens is 2. The molecule has 0 saturated carbocycles. The standard InChI is InChI=1S/C19H15BrN4O5S/c1-12-17(20)18(25)21-19(30-11-14-5-3-7-16(9-14)24(28)29)22(12)10-13-4-2-6-15(8-13)23(26)27/h2-9H,10-11H2,1H3. The minimum absolute atomic E-state index is 0.0120. The van der Waals surface area contributed by atoms with Crippen molar-refractivity contribution in [3.8, 4) is 0 Å². The van der Waals surface area contributed by atoms with Gasteiger partial charge in [-0.3, -0.25) is 25.0 Å². The second-order valence-electron chi connectivity index (χ2n) is 6.33. The molecular weight excluding hydrogens is 476 g/mol. The fourth-order valence-electron chi connectivity index (χ4n) is 2.77. The van der Waals surface area contributed by atoms with Crippen molar-refractivity contribution < 1.29 is 9.85 Å². The number of hydrogen-bond donors (Lipinski definition) is 0. The lowest BCUT2D eigenvalue weighted by Gasteiger charge is -2.16. The van der Waals surface area contributed by atoms with Gasteiger partial charge in [0.05, 0.1) is 16.4 Å². The topological polar surface area (TPSA) is 121 Å². The van der Waals surface area contributed by atoms with Gasteiger partial charge in [0.1, 0.15) is 4.47 Å². The average Bonchev–Trinajstić information content (AvgIpc) is 2.73. The van der Waals surface area contributed by atoms with Crippen molar-refractivity contribution in [2.24, 2.45) is 0 Å². The summed E-state index contributed by atoms with van der Waals surface area (Å²) in [4.78, 5) is 37.4. The van der Waals surface area contributed by atoms with E-state index in [2.05, 4.69) is 20.9 Å². The Bertz CT molecular complexity index is 1200. The van der Waals surface area contributed by atoms with Crippen LogP contribution in [-0.4, -0.2) is 19.4 Å². The van der Waals surface area contributed by atoms with E-state index in [1.54, 1.807) is 35.8 Å². The smallest absolute Gasteiger partial charge is 0.288 e. The van der Waals surface area contributed by atoms with Crippen LogP contribution < -0.4 is 5.56 Å². The number of nitro groups is 2. The van der Waals surface area contributed by atoms with Gasteiger partial charge in [-0.1, -0.05) is 36.0 Å². The molecule has 0 bridgehead atoms. The highest BCUT2D eigenvalue weighted by Gasteiger charge is 2.15. The highest BCUT2D eigenvalue weighted by molar-refractivity contribution is 9.10. The van der Waals surface area contributed by atoms with Crippen molar-refractivity contribution in [1.82, 2.24) is 9.55 Å². The molecule has 0 spiro atoms. The third-order valence-electron chi connectivity index (χ3n) is 4.29. The highest BCUT2D eigenvalue weighted by atomic mass is 79.9. The molecule has 30 heavy (non-hydrogen) atoms. The molecule has 0 saturated heterocycles. The van der Waals surface area contributed by atoms with Crippen LogP contribution in [-0.2, 0) is 12.3 Å². The van der Waals surface area contributed by atoms with Gasteiger partial charge in [-0.05, 0) is 34.0 Å². The van der Waals surface area contributed by atoms with Gasteiger partial charge < -0.3 is 4.57 Å². The van der Waals surface area contributed by atoms with E-state index in [0.717, 1.165) is 0 Å². The fraction of sp³-hybridized carbons (Fsp3) is 0.158. The van der Waals surface area contributed by atoms with Gasteiger partial charge in [-0.25, -0.2) is 0 Å². The predicted octanol–water partition coefficient (Wildman–Crippen LogP) is 4.47. The maximum Gasteiger partial charge on any atom is 0.288 e. The van der Waals surface area contributed by atoms with Crippen molar-refractivity contribution in [1.29, 1.82) is 0 Å². The molecule has 154 valence electrons. The van der Waals surface area contributed by atoms with Crippen LogP contribution in [0.4, 0.5) is 11.4 Å². The molecule has 1 aromatic heterocycles. The lowest BCUT2D eigenvalue weighted by atomic mass is 10.2. The number of rotatable bonds is 7. The van der Waals surface area contributed by atoms with E-state index in [1.165, 1.54) is 36.0 Å². The monoisotopic (exact) mass is 490 g/mol. The molecule has 2 aromatic carbocycles. The molecule has 0 aliphatic carbocycles. The van der Waals surface area contributed by atoms with Crippen LogP contribution in [0.2, 0.25) is 0 Å². The van der Waals surface area contributed by atoms with Gasteiger partial charge in [0.15, 0.2) is 5.16 Å². The first-order valence-corrected chi connectivity index (χ1v) is 10.4. The van der Waals surface area contributed by atoms with Gasteiger partial charge in [-0.2, -0.15) is 4.98 Å². The van der Waals surface area contributed by atoms with Gasteiger partial charge in [0.25, 0.3) is 16.9 Å².